The van der Waals surface area contributed by atoms with Crippen LogP contribution in [0, 0.1) is 17.6 Å². The zero-order chi connectivity index (χ0) is 14.4. The average molecular weight is 283 g/mol. The zero-order valence-electron chi connectivity index (χ0n) is 11.4. The molecule has 0 saturated carbocycles. The number of allylic oxidation sites excluding steroid dienone is 2. The second-order valence-electron chi connectivity index (χ2n) is 5.70. The molecule has 1 aliphatic heterocycles. The van der Waals surface area contributed by atoms with E-state index in [0.29, 0.717) is 11.3 Å². The van der Waals surface area contributed by atoms with Crippen molar-refractivity contribution in [3.05, 3.63) is 77.4 Å². The summed E-state index contributed by atoms with van der Waals surface area (Å²) in [5, 5.41) is 3.24. The van der Waals surface area contributed by atoms with Crippen LogP contribution in [0.25, 0.3) is 0 Å². The van der Waals surface area contributed by atoms with Crippen LogP contribution in [-0.4, -0.2) is 0 Å². The van der Waals surface area contributed by atoms with Crippen LogP contribution in [0.3, 0.4) is 0 Å². The highest BCUT2D eigenvalue weighted by Gasteiger charge is 2.39. The van der Waals surface area contributed by atoms with Crippen LogP contribution in [0.2, 0.25) is 0 Å². The number of fused-ring (bicyclic) bond motifs is 3. The number of benzene rings is 2. The van der Waals surface area contributed by atoms with Gasteiger partial charge in [-0.15, -0.1) is 0 Å². The largest absolute Gasteiger partial charge is 0.375 e. The van der Waals surface area contributed by atoms with E-state index in [1.807, 2.05) is 12.1 Å². The van der Waals surface area contributed by atoms with Gasteiger partial charge in [0, 0.05) is 11.5 Å². The van der Waals surface area contributed by atoms with Crippen molar-refractivity contribution < 1.29 is 8.78 Å². The molecule has 1 heterocycles. The predicted octanol–water partition coefficient (Wildman–Crippen LogP) is 4.79. The first-order valence-electron chi connectivity index (χ1n) is 7.22. The van der Waals surface area contributed by atoms with Gasteiger partial charge >= 0.3 is 0 Å². The van der Waals surface area contributed by atoms with Gasteiger partial charge in [-0.2, -0.15) is 0 Å². The van der Waals surface area contributed by atoms with Gasteiger partial charge in [-0.3, -0.25) is 0 Å². The molecular weight excluding hydrogens is 268 g/mol. The van der Waals surface area contributed by atoms with E-state index in [-0.39, 0.29) is 29.5 Å². The third-order valence-electron chi connectivity index (χ3n) is 4.59. The van der Waals surface area contributed by atoms with Gasteiger partial charge in [0.05, 0.1) is 11.7 Å². The van der Waals surface area contributed by atoms with E-state index in [2.05, 4.69) is 17.5 Å². The Morgan fingerprint density at radius 3 is 2.52 bits per heavy atom. The smallest absolute Gasteiger partial charge is 0.146 e. The van der Waals surface area contributed by atoms with Crippen LogP contribution in [0.5, 0.6) is 0 Å². The summed E-state index contributed by atoms with van der Waals surface area (Å²) in [5.41, 5.74) is 2.10. The Labute approximate surface area is 122 Å². The van der Waals surface area contributed by atoms with E-state index < -0.39 is 0 Å². The lowest BCUT2D eigenvalue weighted by atomic mass is 9.77. The highest BCUT2D eigenvalue weighted by atomic mass is 19.1. The summed E-state index contributed by atoms with van der Waals surface area (Å²) >= 11 is 0. The Kier molecular flexibility index (Phi) is 2.81. The molecule has 1 aliphatic carbocycles. The van der Waals surface area contributed by atoms with Crippen molar-refractivity contribution in [3.63, 3.8) is 0 Å². The maximum absolute atomic E-state index is 14.2. The van der Waals surface area contributed by atoms with Gasteiger partial charge in [0.15, 0.2) is 0 Å². The van der Waals surface area contributed by atoms with Gasteiger partial charge in [0.2, 0.25) is 0 Å². The van der Waals surface area contributed by atoms with E-state index in [1.165, 1.54) is 12.1 Å². The van der Waals surface area contributed by atoms with Crippen LogP contribution < -0.4 is 5.32 Å². The van der Waals surface area contributed by atoms with Gasteiger partial charge in [0.25, 0.3) is 0 Å². The SMILES string of the molecule is Fc1ccccc1[C@@H]1Nc2c(F)cccc2[C@H]2C=CC[C@H]21. The number of hydrogen-bond donors (Lipinski definition) is 1. The van der Waals surface area contributed by atoms with E-state index in [4.69, 9.17) is 0 Å². The molecule has 0 aromatic heterocycles. The zero-order valence-corrected chi connectivity index (χ0v) is 11.4. The Bertz CT molecular complexity index is 723. The number of para-hydroxylation sites is 1. The second kappa shape index (κ2) is 4.69. The third kappa shape index (κ3) is 1.88. The van der Waals surface area contributed by atoms with Crippen molar-refractivity contribution in [1.29, 1.82) is 0 Å². The van der Waals surface area contributed by atoms with Crippen molar-refractivity contribution in [2.45, 2.75) is 18.4 Å². The van der Waals surface area contributed by atoms with Crippen LogP contribution in [0.15, 0.2) is 54.6 Å². The van der Waals surface area contributed by atoms with Crippen molar-refractivity contribution in [2.24, 2.45) is 5.92 Å². The molecule has 2 aliphatic rings. The molecule has 0 unspecified atom stereocenters. The van der Waals surface area contributed by atoms with Gasteiger partial charge in [-0.1, -0.05) is 42.5 Å². The van der Waals surface area contributed by atoms with Gasteiger partial charge < -0.3 is 5.32 Å². The number of hydrogen-bond acceptors (Lipinski definition) is 1. The number of nitrogens with one attached hydrogen (secondary N) is 1. The van der Waals surface area contributed by atoms with E-state index in [1.54, 1.807) is 18.2 Å². The maximum atomic E-state index is 14.2. The summed E-state index contributed by atoms with van der Waals surface area (Å²) in [6.45, 7) is 0. The first kappa shape index (κ1) is 12.6. The lowest BCUT2D eigenvalue weighted by molar-refractivity contribution is 0.409. The van der Waals surface area contributed by atoms with Crippen molar-refractivity contribution in [1.82, 2.24) is 0 Å². The fourth-order valence-corrected chi connectivity index (χ4v) is 3.62. The molecule has 2 aromatic carbocycles. The van der Waals surface area contributed by atoms with Gasteiger partial charge in [-0.05, 0) is 30.0 Å². The molecule has 1 nitrogen and oxygen atoms in total. The molecule has 0 radical (unpaired) electrons. The number of rotatable bonds is 1. The fraction of sp³-hybridized carbons (Fsp3) is 0.222. The Morgan fingerprint density at radius 2 is 1.67 bits per heavy atom. The van der Waals surface area contributed by atoms with Crippen molar-refractivity contribution in [3.8, 4) is 0 Å². The minimum absolute atomic E-state index is 0.154. The quantitative estimate of drug-likeness (QED) is 0.742. The molecule has 0 spiro atoms. The van der Waals surface area contributed by atoms with E-state index in [9.17, 15) is 8.78 Å². The number of anilines is 1. The molecule has 106 valence electrons. The topological polar surface area (TPSA) is 12.0 Å². The monoisotopic (exact) mass is 283 g/mol. The van der Waals surface area contributed by atoms with Crippen LogP contribution >= 0.6 is 0 Å². The normalized spacial score (nSPS) is 26.1. The van der Waals surface area contributed by atoms with E-state index >= 15 is 0 Å². The predicted molar refractivity (Wildman–Crippen MR) is 79.2 cm³/mol. The molecule has 21 heavy (non-hydrogen) atoms. The lowest BCUT2D eigenvalue weighted by Gasteiger charge is -2.37. The minimum Gasteiger partial charge on any atom is -0.375 e. The highest BCUT2D eigenvalue weighted by molar-refractivity contribution is 5.60. The first-order chi connectivity index (χ1) is 10.3. The molecular formula is C18H15F2N. The molecule has 3 heteroatoms. The molecule has 0 amide bonds. The Hall–Kier alpha value is -2.16. The molecule has 0 saturated heterocycles. The Morgan fingerprint density at radius 1 is 0.905 bits per heavy atom. The van der Waals surface area contributed by atoms with Crippen molar-refractivity contribution >= 4 is 5.69 Å². The third-order valence-corrected chi connectivity index (χ3v) is 4.59. The number of halogens is 2. The summed E-state index contributed by atoms with van der Waals surface area (Å²) in [5.74, 6) is -0.120. The highest BCUT2D eigenvalue weighted by Crippen LogP contribution is 2.50. The van der Waals surface area contributed by atoms with Gasteiger partial charge in [-0.25, -0.2) is 8.78 Å². The summed E-state index contributed by atoms with van der Waals surface area (Å²) < 4.78 is 28.3. The Balaban J connectivity index is 1.85. The summed E-state index contributed by atoms with van der Waals surface area (Å²) in [6, 6.07) is 11.7. The molecule has 0 bridgehead atoms. The molecule has 4 rings (SSSR count). The van der Waals surface area contributed by atoms with Gasteiger partial charge in [0.1, 0.15) is 11.6 Å². The molecule has 1 N–H and O–H groups in total. The fourth-order valence-electron chi connectivity index (χ4n) is 3.62. The summed E-state index contributed by atoms with van der Waals surface area (Å²) in [6.07, 6.45) is 5.12. The van der Waals surface area contributed by atoms with Crippen LogP contribution in [-0.2, 0) is 0 Å². The average Bonchev–Trinajstić information content (AvgIpc) is 2.97. The standard InChI is InChI=1S/C18H15F2N/c19-15-9-2-1-5-14(15)17-12-7-3-6-11(12)13-8-4-10-16(20)18(13)21-17/h1-6,8-12,17,21H,7H2/t11-,12+,17+/m0/s1. The second-order valence-corrected chi connectivity index (χ2v) is 5.70. The minimum atomic E-state index is -0.271. The first-order valence-corrected chi connectivity index (χ1v) is 7.22. The van der Waals surface area contributed by atoms with Crippen LogP contribution in [0.4, 0.5) is 14.5 Å². The molecule has 3 atom stereocenters. The van der Waals surface area contributed by atoms with E-state index in [0.717, 1.165) is 12.0 Å². The maximum Gasteiger partial charge on any atom is 0.146 e. The lowest BCUT2D eigenvalue weighted by Crippen LogP contribution is -2.30. The van der Waals surface area contributed by atoms with Crippen molar-refractivity contribution in [2.75, 3.05) is 5.32 Å². The summed E-state index contributed by atoms with van der Waals surface area (Å²) in [7, 11) is 0. The van der Waals surface area contributed by atoms with Crippen LogP contribution in [0.1, 0.15) is 29.5 Å². The molecule has 0 fully saturated rings. The summed E-state index contributed by atoms with van der Waals surface area (Å²) in [4.78, 5) is 0. The molecule has 2 aromatic rings.